The van der Waals surface area contributed by atoms with Crippen molar-refractivity contribution >= 4 is 17.3 Å². The van der Waals surface area contributed by atoms with Crippen molar-refractivity contribution in [3.8, 4) is 0 Å². The first-order valence-corrected chi connectivity index (χ1v) is 7.44. The van der Waals surface area contributed by atoms with E-state index < -0.39 is 0 Å². The van der Waals surface area contributed by atoms with E-state index in [-0.39, 0.29) is 5.91 Å². The van der Waals surface area contributed by atoms with Gasteiger partial charge in [-0.15, -0.1) is 0 Å². The van der Waals surface area contributed by atoms with Crippen molar-refractivity contribution in [1.29, 1.82) is 0 Å². The van der Waals surface area contributed by atoms with Crippen molar-refractivity contribution in [3.63, 3.8) is 0 Å². The van der Waals surface area contributed by atoms with Gasteiger partial charge in [0.15, 0.2) is 0 Å². The second-order valence-electron chi connectivity index (χ2n) is 5.85. The summed E-state index contributed by atoms with van der Waals surface area (Å²) >= 11 is 0. The molecule has 3 rings (SSSR count). The molecule has 0 saturated heterocycles. The summed E-state index contributed by atoms with van der Waals surface area (Å²) in [5, 5.41) is 6.58. The largest absolute Gasteiger partial charge is 0.382 e. The molecule has 1 saturated carbocycles. The van der Waals surface area contributed by atoms with Crippen LogP contribution in [0.2, 0.25) is 0 Å². The van der Waals surface area contributed by atoms with Gasteiger partial charge in [-0.1, -0.05) is 13.3 Å². The first-order chi connectivity index (χ1) is 9.24. The van der Waals surface area contributed by atoms with Gasteiger partial charge in [-0.05, 0) is 55.4 Å². The van der Waals surface area contributed by atoms with E-state index in [4.69, 9.17) is 0 Å². The van der Waals surface area contributed by atoms with Gasteiger partial charge in [-0.2, -0.15) is 0 Å². The second-order valence-corrected chi connectivity index (χ2v) is 5.85. The van der Waals surface area contributed by atoms with E-state index in [1.54, 1.807) is 0 Å². The Balaban J connectivity index is 1.68. The molecule has 1 aliphatic carbocycles. The van der Waals surface area contributed by atoms with E-state index in [1.165, 1.54) is 36.9 Å². The lowest BCUT2D eigenvalue weighted by Crippen LogP contribution is -2.20. The fraction of sp³-hybridized carbons (Fsp3) is 0.562. The zero-order valence-electron chi connectivity index (χ0n) is 11.5. The average Bonchev–Trinajstić information content (AvgIpc) is 2.86. The number of carbonyl (C=O) groups is 1. The van der Waals surface area contributed by atoms with Crippen molar-refractivity contribution < 1.29 is 4.79 Å². The number of amides is 1. The molecule has 19 heavy (non-hydrogen) atoms. The van der Waals surface area contributed by atoms with Gasteiger partial charge in [0.25, 0.3) is 0 Å². The predicted molar refractivity (Wildman–Crippen MR) is 78.4 cm³/mol. The Bertz CT molecular complexity index is 484. The standard InChI is InChI=1S/C16H22N2O/c1-2-11-3-5-13(9-11)17-14-6-7-15-12(10-14)4-8-16(19)18-15/h6-7,10-11,13,17H,2-5,8-9H2,1H3,(H,18,19). The van der Waals surface area contributed by atoms with Crippen LogP contribution < -0.4 is 10.6 Å². The molecule has 1 fully saturated rings. The van der Waals surface area contributed by atoms with Crippen LogP contribution in [0.1, 0.15) is 44.6 Å². The van der Waals surface area contributed by atoms with Crippen LogP contribution in [-0.2, 0) is 11.2 Å². The third kappa shape index (κ3) is 2.75. The minimum atomic E-state index is 0.134. The van der Waals surface area contributed by atoms with Crippen LogP contribution in [0.15, 0.2) is 18.2 Å². The highest BCUT2D eigenvalue weighted by Crippen LogP contribution is 2.31. The fourth-order valence-corrected chi connectivity index (χ4v) is 3.29. The quantitative estimate of drug-likeness (QED) is 0.870. The number of carbonyl (C=O) groups excluding carboxylic acids is 1. The molecule has 2 atom stereocenters. The number of aryl methyl sites for hydroxylation is 1. The lowest BCUT2D eigenvalue weighted by molar-refractivity contribution is -0.116. The lowest BCUT2D eigenvalue weighted by atomic mass is 10.0. The molecule has 1 aromatic rings. The van der Waals surface area contributed by atoms with Crippen LogP contribution in [0.4, 0.5) is 11.4 Å². The summed E-state index contributed by atoms with van der Waals surface area (Å²) in [7, 11) is 0. The van der Waals surface area contributed by atoms with Crippen molar-refractivity contribution in [3.05, 3.63) is 23.8 Å². The highest BCUT2D eigenvalue weighted by atomic mass is 16.1. The molecule has 1 heterocycles. The Labute approximate surface area is 114 Å². The van der Waals surface area contributed by atoms with Gasteiger partial charge in [0.2, 0.25) is 5.91 Å². The highest BCUT2D eigenvalue weighted by Gasteiger charge is 2.23. The molecular weight excluding hydrogens is 236 g/mol. The van der Waals surface area contributed by atoms with Crippen LogP contribution in [0, 0.1) is 5.92 Å². The highest BCUT2D eigenvalue weighted by molar-refractivity contribution is 5.94. The van der Waals surface area contributed by atoms with Crippen molar-refractivity contribution in [2.45, 2.75) is 51.5 Å². The predicted octanol–water partition coefficient (Wildman–Crippen LogP) is 3.56. The zero-order valence-corrected chi connectivity index (χ0v) is 11.5. The maximum Gasteiger partial charge on any atom is 0.224 e. The number of rotatable bonds is 3. The number of nitrogens with one attached hydrogen (secondary N) is 2. The molecule has 0 bridgehead atoms. The number of anilines is 2. The summed E-state index contributed by atoms with van der Waals surface area (Å²) in [6.45, 7) is 2.29. The maximum absolute atomic E-state index is 11.3. The smallest absolute Gasteiger partial charge is 0.224 e. The Kier molecular flexibility index (Phi) is 3.45. The molecule has 2 unspecified atom stereocenters. The Morgan fingerprint density at radius 3 is 3.00 bits per heavy atom. The number of hydrogen-bond donors (Lipinski definition) is 2. The Morgan fingerprint density at radius 2 is 2.21 bits per heavy atom. The molecule has 0 radical (unpaired) electrons. The molecule has 0 spiro atoms. The number of hydrogen-bond acceptors (Lipinski definition) is 2. The average molecular weight is 258 g/mol. The van der Waals surface area contributed by atoms with Gasteiger partial charge < -0.3 is 10.6 Å². The monoisotopic (exact) mass is 258 g/mol. The molecule has 2 aliphatic rings. The summed E-state index contributed by atoms with van der Waals surface area (Å²) in [6, 6.07) is 6.94. The second kappa shape index (κ2) is 5.24. The Hall–Kier alpha value is -1.51. The van der Waals surface area contributed by atoms with E-state index in [9.17, 15) is 4.79 Å². The van der Waals surface area contributed by atoms with Crippen molar-refractivity contribution in [1.82, 2.24) is 0 Å². The zero-order chi connectivity index (χ0) is 13.2. The third-order valence-corrected chi connectivity index (χ3v) is 4.49. The maximum atomic E-state index is 11.3. The minimum Gasteiger partial charge on any atom is -0.382 e. The van der Waals surface area contributed by atoms with Crippen molar-refractivity contribution in [2.24, 2.45) is 5.92 Å². The first kappa shape index (κ1) is 12.5. The summed E-state index contributed by atoms with van der Waals surface area (Å²) in [6.07, 6.45) is 6.71. The first-order valence-electron chi connectivity index (χ1n) is 7.44. The van der Waals surface area contributed by atoms with Gasteiger partial charge in [0, 0.05) is 23.8 Å². The van der Waals surface area contributed by atoms with Gasteiger partial charge in [-0.25, -0.2) is 0 Å². The van der Waals surface area contributed by atoms with Crippen LogP contribution in [0.5, 0.6) is 0 Å². The van der Waals surface area contributed by atoms with E-state index >= 15 is 0 Å². The van der Waals surface area contributed by atoms with Crippen LogP contribution in [-0.4, -0.2) is 11.9 Å². The van der Waals surface area contributed by atoms with Gasteiger partial charge in [0.1, 0.15) is 0 Å². The normalized spacial score (nSPS) is 25.8. The summed E-state index contributed by atoms with van der Waals surface area (Å²) in [5.74, 6) is 1.03. The van der Waals surface area contributed by atoms with E-state index in [0.29, 0.717) is 12.5 Å². The lowest BCUT2D eigenvalue weighted by Gasteiger charge is -2.20. The van der Waals surface area contributed by atoms with Crippen LogP contribution in [0.25, 0.3) is 0 Å². The van der Waals surface area contributed by atoms with E-state index in [0.717, 1.165) is 18.0 Å². The molecular formula is C16H22N2O. The van der Waals surface area contributed by atoms with E-state index in [1.807, 2.05) is 6.07 Å². The van der Waals surface area contributed by atoms with Crippen LogP contribution in [0.3, 0.4) is 0 Å². The third-order valence-electron chi connectivity index (χ3n) is 4.49. The van der Waals surface area contributed by atoms with E-state index in [2.05, 4.69) is 29.7 Å². The fourth-order valence-electron chi connectivity index (χ4n) is 3.29. The van der Waals surface area contributed by atoms with Gasteiger partial charge in [-0.3, -0.25) is 4.79 Å². The molecule has 1 amide bonds. The van der Waals surface area contributed by atoms with Gasteiger partial charge >= 0.3 is 0 Å². The van der Waals surface area contributed by atoms with Crippen LogP contribution >= 0.6 is 0 Å². The molecule has 0 aromatic heterocycles. The minimum absolute atomic E-state index is 0.134. The molecule has 1 aliphatic heterocycles. The number of fused-ring (bicyclic) bond motifs is 1. The topological polar surface area (TPSA) is 41.1 Å². The number of benzene rings is 1. The van der Waals surface area contributed by atoms with Gasteiger partial charge in [0.05, 0.1) is 0 Å². The SMILES string of the molecule is CCC1CCC(Nc2ccc3c(c2)CCC(=O)N3)C1. The molecule has 102 valence electrons. The molecule has 1 aromatic carbocycles. The molecule has 3 nitrogen and oxygen atoms in total. The van der Waals surface area contributed by atoms with Crippen molar-refractivity contribution in [2.75, 3.05) is 10.6 Å². The Morgan fingerprint density at radius 1 is 1.32 bits per heavy atom. The summed E-state index contributed by atoms with van der Waals surface area (Å²) in [5.41, 5.74) is 3.45. The molecule has 2 N–H and O–H groups in total. The summed E-state index contributed by atoms with van der Waals surface area (Å²) < 4.78 is 0. The summed E-state index contributed by atoms with van der Waals surface area (Å²) in [4.78, 5) is 11.3. The molecule has 3 heteroatoms.